The number of hydrogen-bond donors (Lipinski definition) is 1. The lowest BCUT2D eigenvalue weighted by atomic mass is 10.1. The van der Waals surface area contributed by atoms with Crippen molar-refractivity contribution in [3.8, 4) is 5.75 Å². The van der Waals surface area contributed by atoms with E-state index in [1.165, 1.54) is 4.57 Å². The first-order valence-electron chi connectivity index (χ1n) is 7.08. The zero-order chi connectivity index (χ0) is 17.2. The molecule has 1 atom stereocenters. The molecule has 1 N–H and O–H groups in total. The number of hydrogen-bond acceptors (Lipinski definition) is 8. The van der Waals surface area contributed by atoms with Gasteiger partial charge in [0.15, 0.2) is 5.69 Å². The Bertz CT molecular complexity index is 771. The fraction of sp³-hybridized carbons (Fsp3) is 0.615. The molecule has 9 nitrogen and oxygen atoms in total. The first kappa shape index (κ1) is 17.4. The third kappa shape index (κ3) is 3.70. The lowest BCUT2D eigenvalue weighted by Gasteiger charge is -2.18. The molecule has 0 saturated carbocycles. The van der Waals surface area contributed by atoms with Crippen LogP contribution in [0.2, 0.25) is 0 Å². The molecule has 0 radical (unpaired) electrons. The minimum absolute atomic E-state index is 0.221. The van der Waals surface area contributed by atoms with E-state index in [2.05, 4.69) is 15.0 Å². The Balaban J connectivity index is 2.74. The minimum Gasteiger partial charge on any atom is -0.464 e. The SMILES string of the molecule is CNC1CCCCn2c1nc(C(=O)OC)c(OS(C)(=O)=O)c2=O. The number of carbonyl (C=O) groups excluding carboxylic acids is 1. The molecule has 1 aliphatic heterocycles. The molecule has 0 bridgehead atoms. The Morgan fingerprint density at radius 1 is 1.39 bits per heavy atom. The van der Waals surface area contributed by atoms with Gasteiger partial charge in [0, 0.05) is 6.54 Å². The average molecular weight is 345 g/mol. The lowest BCUT2D eigenvalue weighted by molar-refractivity contribution is 0.0590. The van der Waals surface area contributed by atoms with Crippen LogP contribution in [0, 0.1) is 0 Å². The van der Waals surface area contributed by atoms with E-state index in [1.807, 2.05) is 0 Å². The Kier molecular flexibility index (Phi) is 5.05. The van der Waals surface area contributed by atoms with Gasteiger partial charge in [-0.3, -0.25) is 9.36 Å². The molecule has 0 spiro atoms. The van der Waals surface area contributed by atoms with Crippen LogP contribution < -0.4 is 15.1 Å². The van der Waals surface area contributed by atoms with Crippen molar-refractivity contribution in [1.29, 1.82) is 0 Å². The third-order valence-corrected chi connectivity index (χ3v) is 4.02. The van der Waals surface area contributed by atoms with Crippen LogP contribution in [0.25, 0.3) is 0 Å². The maximum atomic E-state index is 12.6. The maximum absolute atomic E-state index is 12.6. The van der Waals surface area contributed by atoms with Gasteiger partial charge in [0.2, 0.25) is 5.75 Å². The van der Waals surface area contributed by atoms with Crippen LogP contribution in [-0.4, -0.2) is 44.4 Å². The van der Waals surface area contributed by atoms with Crippen LogP contribution in [0.5, 0.6) is 5.75 Å². The Hall–Kier alpha value is -1.94. The molecule has 0 aromatic carbocycles. The van der Waals surface area contributed by atoms with Gasteiger partial charge in [-0.25, -0.2) is 9.78 Å². The number of esters is 1. The predicted octanol–water partition coefficient (Wildman–Crippen LogP) is -0.187. The van der Waals surface area contributed by atoms with Crippen LogP contribution in [0.4, 0.5) is 0 Å². The van der Waals surface area contributed by atoms with Crippen LogP contribution in [0.3, 0.4) is 0 Å². The van der Waals surface area contributed by atoms with E-state index in [0.29, 0.717) is 12.4 Å². The molecule has 0 saturated heterocycles. The molecule has 0 aliphatic carbocycles. The highest BCUT2D eigenvalue weighted by atomic mass is 32.2. The summed E-state index contributed by atoms with van der Waals surface area (Å²) in [6, 6.07) is -0.221. The van der Waals surface area contributed by atoms with E-state index >= 15 is 0 Å². The second-order valence-electron chi connectivity index (χ2n) is 5.22. The van der Waals surface area contributed by atoms with Crippen LogP contribution in [-0.2, 0) is 21.4 Å². The third-order valence-electron chi connectivity index (χ3n) is 3.56. The van der Waals surface area contributed by atoms with E-state index in [4.69, 9.17) is 4.18 Å². The Labute approximate surface area is 133 Å². The molecule has 0 fully saturated rings. The van der Waals surface area contributed by atoms with E-state index in [0.717, 1.165) is 32.6 Å². The van der Waals surface area contributed by atoms with Crippen LogP contribution in [0.1, 0.15) is 41.6 Å². The van der Waals surface area contributed by atoms with E-state index in [9.17, 15) is 18.0 Å². The summed E-state index contributed by atoms with van der Waals surface area (Å²) in [5.74, 6) is -1.18. The van der Waals surface area contributed by atoms with Gasteiger partial charge in [0.05, 0.1) is 19.4 Å². The summed E-state index contributed by atoms with van der Waals surface area (Å²) in [6.07, 6.45) is 3.14. The molecular weight excluding hydrogens is 326 g/mol. The highest BCUT2D eigenvalue weighted by Gasteiger charge is 2.29. The molecule has 0 amide bonds. The molecule has 10 heteroatoms. The van der Waals surface area contributed by atoms with Crippen molar-refractivity contribution in [2.24, 2.45) is 0 Å². The maximum Gasteiger partial charge on any atom is 0.360 e. The molecule has 128 valence electrons. The molecule has 2 heterocycles. The van der Waals surface area contributed by atoms with Gasteiger partial charge >= 0.3 is 16.1 Å². The summed E-state index contributed by atoms with van der Waals surface area (Å²) in [6.45, 7) is 0.376. The van der Waals surface area contributed by atoms with Crippen molar-refractivity contribution in [2.75, 3.05) is 20.4 Å². The fourth-order valence-corrected chi connectivity index (χ4v) is 2.97. The predicted molar refractivity (Wildman–Crippen MR) is 81.0 cm³/mol. The highest BCUT2D eigenvalue weighted by molar-refractivity contribution is 7.86. The second kappa shape index (κ2) is 6.67. The fourth-order valence-electron chi connectivity index (χ4n) is 2.52. The number of aromatic nitrogens is 2. The van der Waals surface area contributed by atoms with Crippen molar-refractivity contribution in [1.82, 2.24) is 14.9 Å². The van der Waals surface area contributed by atoms with E-state index < -0.39 is 33.1 Å². The molecule has 1 aromatic rings. The summed E-state index contributed by atoms with van der Waals surface area (Å²) in [7, 11) is -1.15. The summed E-state index contributed by atoms with van der Waals surface area (Å²) in [5, 5.41) is 3.05. The monoisotopic (exact) mass is 345 g/mol. The summed E-state index contributed by atoms with van der Waals surface area (Å²) in [4.78, 5) is 28.7. The standard InChI is InChI=1S/C13H19N3O6S/c1-14-8-6-4-5-7-16-11(8)15-9(13(18)21-2)10(12(16)17)22-23(3,19)20/h8,14H,4-7H2,1-3H3. The Morgan fingerprint density at radius 3 is 2.65 bits per heavy atom. The van der Waals surface area contributed by atoms with Gasteiger partial charge in [0.1, 0.15) is 5.82 Å². The first-order valence-corrected chi connectivity index (χ1v) is 8.90. The van der Waals surface area contributed by atoms with Gasteiger partial charge in [0.25, 0.3) is 5.56 Å². The van der Waals surface area contributed by atoms with E-state index in [1.54, 1.807) is 7.05 Å². The molecule has 2 rings (SSSR count). The molecule has 1 unspecified atom stereocenters. The normalized spacial score (nSPS) is 18.0. The zero-order valence-corrected chi connectivity index (χ0v) is 14.0. The lowest BCUT2D eigenvalue weighted by Crippen LogP contribution is -2.33. The molecular formula is C13H19N3O6S. The van der Waals surface area contributed by atoms with Crippen molar-refractivity contribution in [2.45, 2.75) is 31.8 Å². The van der Waals surface area contributed by atoms with Crippen molar-refractivity contribution in [3.05, 3.63) is 21.9 Å². The van der Waals surface area contributed by atoms with Gasteiger partial charge in [-0.05, 0) is 26.3 Å². The largest absolute Gasteiger partial charge is 0.464 e. The number of methoxy groups -OCH3 is 1. The number of carbonyl (C=O) groups is 1. The minimum atomic E-state index is -4.00. The van der Waals surface area contributed by atoms with Crippen molar-refractivity contribution in [3.63, 3.8) is 0 Å². The topological polar surface area (TPSA) is 117 Å². The number of rotatable bonds is 4. The zero-order valence-electron chi connectivity index (χ0n) is 13.2. The number of nitrogens with one attached hydrogen (secondary N) is 1. The number of fused-ring (bicyclic) bond motifs is 1. The van der Waals surface area contributed by atoms with Crippen LogP contribution >= 0.6 is 0 Å². The smallest absolute Gasteiger partial charge is 0.360 e. The van der Waals surface area contributed by atoms with Gasteiger partial charge in [-0.15, -0.1) is 0 Å². The molecule has 23 heavy (non-hydrogen) atoms. The van der Waals surface area contributed by atoms with Crippen LogP contribution in [0.15, 0.2) is 4.79 Å². The van der Waals surface area contributed by atoms with E-state index in [-0.39, 0.29) is 6.04 Å². The highest BCUT2D eigenvalue weighted by Crippen LogP contribution is 2.24. The summed E-state index contributed by atoms with van der Waals surface area (Å²) in [5.41, 5.74) is -1.14. The van der Waals surface area contributed by atoms with Crippen molar-refractivity contribution >= 4 is 16.1 Å². The average Bonchev–Trinajstić information content (AvgIpc) is 2.69. The molecule has 1 aliphatic rings. The quantitative estimate of drug-likeness (QED) is 0.590. The van der Waals surface area contributed by atoms with Gasteiger partial charge < -0.3 is 14.2 Å². The van der Waals surface area contributed by atoms with Gasteiger partial charge in [-0.2, -0.15) is 8.42 Å². The van der Waals surface area contributed by atoms with Crippen molar-refractivity contribution < 1.29 is 22.1 Å². The number of ether oxygens (including phenoxy) is 1. The summed E-state index contributed by atoms with van der Waals surface area (Å²) >= 11 is 0. The molecule has 1 aromatic heterocycles. The summed E-state index contributed by atoms with van der Waals surface area (Å²) < 4.78 is 33.5. The van der Waals surface area contributed by atoms with Gasteiger partial charge in [-0.1, -0.05) is 0 Å². The first-order chi connectivity index (χ1) is 10.8. The number of nitrogens with zero attached hydrogens (tertiary/aromatic N) is 2. The Morgan fingerprint density at radius 2 is 2.09 bits per heavy atom. The second-order valence-corrected chi connectivity index (χ2v) is 6.80.